The Morgan fingerprint density at radius 2 is 1.97 bits per heavy atom. The van der Waals surface area contributed by atoms with Gasteiger partial charge in [0.1, 0.15) is 23.6 Å². The molecule has 0 unspecified atom stereocenters. The summed E-state index contributed by atoms with van der Waals surface area (Å²) in [5.41, 5.74) is 6.91. The van der Waals surface area contributed by atoms with E-state index >= 15 is 0 Å². The third-order valence-electron chi connectivity index (χ3n) is 8.09. The van der Waals surface area contributed by atoms with Gasteiger partial charge in [-0.15, -0.1) is 0 Å². The smallest absolute Gasteiger partial charge is 0.383 e. The number of hydrogen-bond acceptors (Lipinski definition) is 5. The second kappa shape index (κ2) is 9.47. The maximum absolute atomic E-state index is 13.1. The van der Waals surface area contributed by atoms with Crippen molar-refractivity contribution in [2.24, 2.45) is 11.8 Å². The number of aromatic amines is 1. The van der Waals surface area contributed by atoms with E-state index in [4.69, 9.17) is 17.3 Å². The Morgan fingerprint density at radius 1 is 1.14 bits per heavy atom. The standard InChI is InChI=1S/C26H29ClF3N7/c27-20-11-22-21(10-19(20)26(28,29)30)35-23(36-22)4-2-14-7-16(8-14)32-12-15-1-3-17(9-15)37-6-5-18-24(31)33-13-34-25(18)37/h5-6,10-11,13-17,32H,1-4,7-9,12H2,(H,35,36)(H2,31,33,34)/t14?,15-,16?,17+/m1/s1. The van der Waals surface area contributed by atoms with E-state index in [9.17, 15) is 13.2 Å². The van der Waals surface area contributed by atoms with Crippen molar-refractivity contribution in [3.05, 3.63) is 47.1 Å². The number of rotatable bonds is 7. The second-order valence-corrected chi connectivity index (χ2v) is 11.0. The molecule has 4 aromatic rings. The summed E-state index contributed by atoms with van der Waals surface area (Å²) in [5.74, 6) is 2.49. The minimum absolute atomic E-state index is 0.320. The summed E-state index contributed by atoms with van der Waals surface area (Å²) >= 11 is 5.82. The van der Waals surface area contributed by atoms with E-state index in [0.717, 1.165) is 55.7 Å². The van der Waals surface area contributed by atoms with Crippen LogP contribution in [0.1, 0.15) is 56.0 Å². The number of halogens is 4. The van der Waals surface area contributed by atoms with E-state index in [1.807, 2.05) is 6.07 Å². The van der Waals surface area contributed by atoms with Gasteiger partial charge in [0.15, 0.2) is 0 Å². The Hall–Kier alpha value is -2.85. The van der Waals surface area contributed by atoms with Gasteiger partial charge in [-0.2, -0.15) is 13.2 Å². The van der Waals surface area contributed by atoms with Crippen molar-refractivity contribution in [3.63, 3.8) is 0 Å². The lowest BCUT2D eigenvalue weighted by Crippen LogP contribution is -2.43. The lowest BCUT2D eigenvalue weighted by molar-refractivity contribution is -0.137. The first-order valence-electron chi connectivity index (χ1n) is 12.8. The van der Waals surface area contributed by atoms with Crippen molar-refractivity contribution in [3.8, 4) is 0 Å². The SMILES string of the molecule is Nc1ncnc2c1ccn2[C@H]1CC[C@@H](CNC2CC(CCc3nc4cc(Cl)c(C(F)(F)F)cc4[nH]3)C2)C1. The zero-order chi connectivity index (χ0) is 25.7. The van der Waals surface area contributed by atoms with Crippen LogP contribution in [0.2, 0.25) is 5.02 Å². The number of fused-ring (bicyclic) bond motifs is 2. The van der Waals surface area contributed by atoms with E-state index in [-0.39, 0.29) is 5.02 Å². The van der Waals surface area contributed by atoms with Gasteiger partial charge in [0.2, 0.25) is 0 Å². The van der Waals surface area contributed by atoms with Crippen LogP contribution in [0, 0.1) is 11.8 Å². The number of nitrogen functional groups attached to an aromatic ring is 1. The fourth-order valence-electron chi connectivity index (χ4n) is 6.00. The molecule has 11 heteroatoms. The third-order valence-corrected chi connectivity index (χ3v) is 8.41. The van der Waals surface area contributed by atoms with Crippen LogP contribution in [0.3, 0.4) is 0 Å². The van der Waals surface area contributed by atoms with E-state index in [2.05, 4.69) is 36.0 Å². The Bertz CT molecular complexity index is 1420. The average molecular weight is 532 g/mol. The molecule has 0 radical (unpaired) electrons. The minimum atomic E-state index is -4.48. The Balaban J connectivity index is 0.954. The van der Waals surface area contributed by atoms with Crippen molar-refractivity contribution >= 4 is 39.5 Å². The molecule has 3 aromatic heterocycles. The van der Waals surface area contributed by atoms with Gasteiger partial charge in [0, 0.05) is 24.7 Å². The quantitative estimate of drug-likeness (QED) is 0.276. The van der Waals surface area contributed by atoms with Crippen LogP contribution in [-0.4, -0.2) is 37.1 Å². The van der Waals surface area contributed by atoms with Gasteiger partial charge in [-0.05, 0) is 75.1 Å². The molecule has 0 saturated heterocycles. The summed E-state index contributed by atoms with van der Waals surface area (Å²) in [4.78, 5) is 16.0. The van der Waals surface area contributed by atoms with E-state index in [1.54, 1.807) is 0 Å². The molecule has 6 rings (SSSR count). The van der Waals surface area contributed by atoms with E-state index in [1.165, 1.54) is 18.8 Å². The number of H-pyrrole nitrogens is 1. The minimum Gasteiger partial charge on any atom is -0.383 e. The molecule has 1 aromatic carbocycles. The van der Waals surface area contributed by atoms with Crippen LogP contribution in [0.25, 0.3) is 22.1 Å². The first-order chi connectivity index (χ1) is 17.7. The Labute approximate surface area is 217 Å². The molecule has 196 valence electrons. The number of aryl methyl sites for hydroxylation is 1. The average Bonchev–Trinajstić information content (AvgIpc) is 3.54. The molecule has 37 heavy (non-hydrogen) atoms. The molecule has 2 atom stereocenters. The number of benzene rings is 1. The molecule has 4 N–H and O–H groups in total. The van der Waals surface area contributed by atoms with E-state index < -0.39 is 11.7 Å². The van der Waals surface area contributed by atoms with Crippen LogP contribution in [0.4, 0.5) is 19.0 Å². The van der Waals surface area contributed by atoms with Gasteiger partial charge in [-0.1, -0.05) is 11.6 Å². The van der Waals surface area contributed by atoms with Crippen molar-refractivity contribution < 1.29 is 13.2 Å². The van der Waals surface area contributed by atoms with Crippen LogP contribution in [0.5, 0.6) is 0 Å². The van der Waals surface area contributed by atoms with Crippen molar-refractivity contribution in [1.82, 2.24) is 29.8 Å². The normalized spacial score (nSPS) is 24.2. The van der Waals surface area contributed by atoms with Gasteiger partial charge in [-0.3, -0.25) is 0 Å². The van der Waals surface area contributed by atoms with Crippen LogP contribution < -0.4 is 11.1 Å². The largest absolute Gasteiger partial charge is 0.417 e. The molecule has 2 saturated carbocycles. The highest BCUT2D eigenvalue weighted by Crippen LogP contribution is 2.39. The van der Waals surface area contributed by atoms with Gasteiger partial charge in [0.05, 0.1) is 27.0 Å². The monoisotopic (exact) mass is 531 g/mol. The lowest BCUT2D eigenvalue weighted by atomic mass is 9.77. The van der Waals surface area contributed by atoms with Gasteiger partial charge >= 0.3 is 6.18 Å². The summed E-state index contributed by atoms with van der Waals surface area (Å²) in [6, 6.07) is 5.32. The molecule has 0 aliphatic heterocycles. The number of nitrogens with zero attached hydrogens (tertiary/aromatic N) is 4. The van der Waals surface area contributed by atoms with Crippen LogP contribution >= 0.6 is 11.6 Å². The predicted molar refractivity (Wildman–Crippen MR) is 137 cm³/mol. The van der Waals surface area contributed by atoms with Crippen LogP contribution in [-0.2, 0) is 12.6 Å². The zero-order valence-corrected chi connectivity index (χ0v) is 21.0. The summed E-state index contributed by atoms with van der Waals surface area (Å²) in [7, 11) is 0. The van der Waals surface area contributed by atoms with Gasteiger partial charge in [0.25, 0.3) is 0 Å². The number of anilines is 1. The van der Waals surface area contributed by atoms with Gasteiger partial charge < -0.3 is 20.6 Å². The highest BCUT2D eigenvalue weighted by atomic mass is 35.5. The molecule has 2 fully saturated rings. The maximum atomic E-state index is 13.1. The number of hydrogen-bond donors (Lipinski definition) is 3. The zero-order valence-electron chi connectivity index (χ0n) is 20.2. The molecule has 7 nitrogen and oxygen atoms in total. The molecule has 0 spiro atoms. The Morgan fingerprint density at radius 3 is 2.78 bits per heavy atom. The molecule has 0 amide bonds. The molecule has 0 bridgehead atoms. The molecular formula is C26H29ClF3N7. The molecule has 2 aliphatic carbocycles. The summed E-state index contributed by atoms with van der Waals surface area (Å²) in [5, 5.41) is 4.35. The predicted octanol–water partition coefficient (Wildman–Crippen LogP) is 5.90. The second-order valence-electron chi connectivity index (χ2n) is 10.6. The number of nitrogens with two attached hydrogens (primary N) is 1. The number of nitrogens with one attached hydrogen (secondary N) is 2. The van der Waals surface area contributed by atoms with Crippen LogP contribution in [0.15, 0.2) is 30.7 Å². The Kier molecular flexibility index (Phi) is 6.27. The van der Waals surface area contributed by atoms with Crippen molar-refractivity contribution in [2.45, 2.75) is 63.2 Å². The fourth-order valence-corrected chi connectivity index (χ4v) is 6.27. The molecular weight excluding hydrogens is 503 g/mol. The maximum Gasteiger partial charge on any atom is 0.417 e. The summed E-state index contributed by atoms with van der Waals surface area (Å²) < 4.78 is 41.6. The van der Waals surface area contributed by atoms with Crippen molar-refractivity contribution in [2.75, 3.05) is 12.3 Å². The topological polar surface area (TPSA) is 97.4 Å². The highest BCUT2D eigenvalue weighted by molar-refractivity contribution is 6.32. The summed E-state index contributed by atoms with van der Waals surface area (Å²) in [6.07, 6.45) is 6.52. The number of alkyl halides is 3. The lowest BCUT2D eigenvalue weighted by Gasteiger charge is -2.36. The highest BCUT2D eigenvalue weighted by Gasteiger charge is 2.34. The van der Waals surface area contributed by atoms with Crippen molar-refractivity contribution in [1.29, 1.82) is 0 Å². The number of aromatic nitrogens is 5. The summed E-state index contributed by atoms with van der Waals surface area (Å²) in [6.45, 7) is 1.02. The molecule has 2 aliphatic rings. The molecule has 3 heterocycles. The first-order valence-corrected chi connectivity index (χ1v) is 13.2. The van der Waals surface area contributed by atoms with E-state index in [0.29, 0.717) is 53.0 Å². The van der Waals surface area contributed by atoms with Gasteiger partial charge in [-0.25, -0.2) is 15.0 Å². The number of imidazole rings is 1. The third kappa shape index (κ3) is 4.88. The first kappa shape index (κ1) is 24.5. The fraction of sp³-hybridized carbons (Fsp3) is 0.500.